The number of Topliss-reactive ketones (excluding diaryl/α,β-unsaturated/α-hetero) is 1. The quantitative estimate of drug-likeness (QED) is 0.0181. The van der Waals surface area contributed by atoms with Crippen LogP contribution < -0.4 is 36.1 Å². The summed E-state index contributed by atoms with van der Waals surface area (Å²) in [6.07, 6.45) is 7.92. The number of nitrogen functional groups attached to an aromatic ring is 3. The van der Waals surface area contributed by atoms with Crippen LogP contribution in [0.5, 0.6) is 28.7 Å². The highest BCUT2D eigenvalue weighted by atomic mass is 79.9. The maximum absolute atomic E-state index is 13.8. The lowest BCUT2D eigenvalue weighted by molar-refractivity contribution is -0.144. The first-order valence-electron chi connectivity index (χ1n) is 33.8. The third-order valence-electron chi connectivity index (χ3n) is 15.0. The third-order valence-corrected chi connectivity index (χ3v) is 16.9. The topological polar surface area (TPSA) is 304 Å². The van der Waals surface area contributed by atoms with Crippen molar-refractivity contribution in [3.05, 3.63) is 288 Å². The van der Waals surface area contributed by atoms with Crippen LogP contribution >= 0.6 is 59.4 Å². The third kappa shape index (κ3) is 26.8. The molecule has 0 saturated heterocycles. The van der Waals surface area contributed by atoms with Gasteiger partial charge in [-0.25, -0.2) is 83.2 Å². The average Bonchev–Trinajstić information content (AvgIpc) is 1.63. The number of aromatic hydroxyl groups is 1. The van der Waals surface area contributed by atoms with Crippen LogP contribution in [0.4, 0.5) is 61.4 Å². The summed E-state index contributed by atoms with van der Waals surface area (Å²) in [5.41, 5.74) is 18.8. The highest BCUT2D eigenvalue weighted by Crippen LogP contribution is 2.31. The van der Waals surface area contributed by atoms with Crippen LogP contribution in [0, 0.1) is 78.9 Å². The van der Waals surface area contributed by atoms with Crippen molar-refractivity contribution >= 4 is 112 Å². The standard InChI is InChI=1S/C19H18F2N2O3.C18H15BrF2N2O3.C12H9BrF2N2O.C12H10F2N2O.C7H5BrF2.C6H9ClO3.C5H6N2O/c1-4-25-19(24)17-12(3)22-18-16(8-11(2)9-23(17)18)26-10-13-14(20)6-5-7-15(13)21;1-3-25-18(24)16-10(2)22-17-15(7-11(19)8-23(16)17)26-9-12-13(20)5-4-6-14(12)21;13-7-4-11(12(16)17-5-7)18-6-8-9(14)2-1-3-10(8)15;13-9-3-1-4-10(14)8(9)7-17-11-5-2-6-16-12(11)15;8-4-5-6(9)2-1-3-7(5)10;1-3-10-6(9)5(7)4(2)8;6-5-4(8)2-1-3-7-5/h5-9H,4,10H2,1-3H3;4-8H,3,9H2,1-2H3;1-5H,6H2,(H2,16,17);1-6H,7H2,(H2,15,16);1-3H,4H2;5H,3H2,1-2H3;1-3,8H,(H2,6,7). The number of esters is 3. The number of hydrogen-bond acceptors (Lipinski definition) is 20. The van der Waals surface area contributed by atoms with Crippen molar-refractivity contribution in [3.8, 4) is 28.7 Å². The molecular weight excluding hydrogens is 1750 g/mol. The Hall–Kier alpha value is -11.6. The van der Waals surface area contributed by atoms with Gasteiger partial charge in [0.2, 0.25) is 0 Å². The Morgan fingerprint density at radius 2 is 0.809 bits per heavy atom. The fourth-order valence-corrected chi connectivity index (χ4v) is 10.8. The Kier molecular flexibility index (Phi) is 36.4. The molecule has 7 N–H and O–H groups in total. The van der Waals surface area contributed by atoms with E-state index < -0.39 is 81.5 Å². The van der Waals surface area contributed by atoms with Crippen molar-refractivity contribution in [3.63, 3.8) is 0 Å². The molecule has 0 bridgehead atoms. The Morgan fingerprint density at radius 3 is 1.17 bits per heavy atom. The zero-order valence-corrected chi connectivity index (χ0v) is 67.4. The largest absolute Gasteiger partial charge is 0.504 e. The first-order chi connectivity index (χ1) is 54.7. The predicted octanol–water partition coefficient (Wildman–Crippen LogP) is 18.2. The number of nitrogens with two attached hydrogens (primary N) is 3. The number of halogens is 14. The maximum Gasteiger partial charge on any atom is 0.357 e. The number of carbonyl (C=O) groups excluding carboxylic acids is 4. The summed E-state index contributed by atoms with van der Waals surface area (Å²) in [6.45, 7) is 11.2. The minimum absolute atomic E-state index is 0.0347. The van der Waals surface area contributed by atoms with E-state index in [9.17, 15) is 63.1 Å². The summed E-state index contributed by atoms with van der Waals surface area (Å²) in [5.74, 6) is -6.69. The molecule has 12 aromatic rings. The van der Waals surface area contributed by atoms with E-state index >= 15 is 0 Å². The molecule has 36 heteroatoms. The monoisotopic (exact) mass is 1810 g/mol. The van der Waals surface area contributed by atoms with Crippen LogP contribution in [0.25, 0.3) is 11.3 Å². The van der Waals surface area contributed by atoms with Gasteiger partial charge in [0.05, 0.1) is 53.5 Å². The maximum atomic E-state index is 13.8. The van der Waals surface area contributed by atoms with Gasteiger partial charge in [-0.1, -0.05) is 46.3 Å². The molecule has 12 rings (SSSR count). The van der Waals surface area contributed by atoms with Crippen molar-refractivity contribution in [2.45, 2.75) is 85.6 Å². The number of aryl methyl sites for hydroxylation is 3. The number of imidazole rings is 2. The fourth-order valence-electron chi connectivity index (χ4n) is 9.46. The van der Waals surface area contributed by atoms with Gasteiger partial charge < -0.3 is 55.5 Å². The Labute approximate surface area is 681 Å². The summed E-state index contributed by atoms with van der Waals surface area (Å²) in [5, 5.41) is 7.81. The Balaban J connectivity index is 0.000000217. The van der Waals surface area contributed by atoms with Crippen molar-refractivity contribution in [2.24, 2.45) is 0 Å². The zero-order chi connectivity index (χ0) is 84.8. The van der Waals surface area contributed by atoms with Crippen LogP contribution in [0.15, 0.2) is 173 Å². The second-order valence-electron chi connectivity index (χ2n) is 23.2. The van der Waals surface area contributed by atoms with Gasteiger partial charge in [0, 0.05) is 50.8 Å². The number of ketones is 1. The average molecular weight is 1820 g/mol. The van der Waals surface area contributed by atoms with E-state index in [-0.39, 0.29) is 126 Å². The SMILES string of the molecule is CCOC(=O)C(Cl)C(C)=O.CCOC(=O)c1c(C)nc2c(OCc3c(F)cccc3F)cc(Br)cn12.CCOC(=O)c1c(C)nc2c(OCc3c(F)cccc3F)cc(C)cn12.Fc1cccc(F)c1CBr.Nc1ncc(Br)cc1OCc1c(F)cccc1F.Nc1ncccc1O.Nc1ncccc1OCc1c(F)cccc1F. The molecule has 608 valence electrons. The molecule has 0 radical (unpaired) electrons. The number of alkyl halides is 2. The molecule has 0 saturated carbocycles. The van der Waals surface area contributed by atoms with Gasteiger partial charge >= 0.3 is 17.9 Å². The van der Waals surface area contributed by atoms with E-state index in [0.29, 0.717) is 48.8 Å². The molecule has 0 spiro atoms. The first kappa shape index (κ1) is 92.3. The summed E-state index contributed by atoms with van der Waals surface area (Å²) in [6, 6.07) is 29.6. The zero-order valence-electron chi connectivity index (χ0n) is 61.9. The van der Waals surface area contributed by atoms with Crippen molar-refractivity contribution in [1.82, 2.24) is 33.7 Å². The van der Waals surface area contributed by atoms with E-state index in [1.54, 1.807) is 87.8 Å². The number of pyridine rings is 5. The van der Waals surface area contributed by atoms with E-state index in [1.165, 1.54) is 115 Å². The molecule has 0 aliphatic rings. The van der Waals surface area contributed by atoms with E-state index in [0.717, 1.165) is 17.7 Å². The second kappa shape index (κ2) is 45.4. The summed E-state index contributed by atoms with van der Waals surface area (Å²) in [4.78, 5) is 65.4. The number of ether oxygens (including phenoxy) is 7. The van der Waals surface area contributed by atoms with E-state index in [1.807, 2.05) is 6.92 Å². The molecule has 22 nitrogen and oxygen atoms in total. The van der Waals surface area contributed by atoms with E-state index in [2.05, 4.69) is 77.4 Å². The molecule has 0 amide bonds. The number of anilines is 3. The lowest BCUT2D eigenvalue weighted by atomic mass is 10.2. The number of benzene rings is 5. The summed E-state index contributed by atoms with van der Waals surface area (Å²) < 4.78 is 174. The first-order valence-corrected chi connectivity index (χ1v) is 36.9. The minimum Gasteiger partial charge on any atom is -0.504 e. The normalized spacial score (nSPS) is 10.7. The molecule has 7 aromatic heterocycles. The molecule has 0 aliphatic heterocycles. The van der Waals surface area contributed by atoms with Gasteiger partial charge in [0.25, 0.3) is 0 Å². The molecule has 0 fully saturated rings. The number of rotatable bonds is 20. The summed E-state index contributed by atoms with van der Waals surface area (Å²) >= 11 is 14.8. The summed E-state index contributed by atoms with van der Waals surface area (Å²) in [7, 11) is 0. The van der Waals surface area contributed by atoms with Crippen LogP contribution in [-0.4, -0.2) is 87.7 Å². The lowest BCUT2D eigenvalue weighted by Crippen LogP contribution is -2.24. The fraction of sp³-hybridized carbons (Fsp3) is 0.203. The molecule has 1 unspecified atom stereocenters. The number of hydrogen-bond donors (Lipinski definition) is 4. The number of fused-ring (bicyclic) bond motifs is 2. The molecule has 115 heavy (non-hydrogen) atoms. The molecule has 1 atom stereocenters. The molecule has 0 aliphatic carbocycles. The van der Waals surface area contributed by atoms with Gasteiger partial charge in [-0.3, -0.25) is 13.6 Å². The van der Waals surface area contributed by atoms with Gasteiger partial charge in [0.1, 0.15) is 84.6 Å². The highest BCUT2D eigenvalue weighted by molar-refractivity contribution is 9.10. The van der Waals surface area contributed by atoms with Crippen molar-refractivity contribution in [1.29, 1.82) is 0 Å². The number of carbonyl (C=O) groups is 4. The van der Waals surface area contributed by atoms with Crippen molar-refractivity contribution < 1.29 is 101 Å². The Morgan fingerprint density at radius 1 is 0.461 bits per heavy atom. The number of nitrogens with zero attached hydrogens (tertiary/aromatic N) is 7. The minimum atomic E-state index is -1.14. The molecular formula is C79H72Br3ClF10N10O12. The van der Waals surface area contributed by atoms with Crippen LogP contribution in [0.3, 0.4) is 0 Å². The van der Waals surface area contributed by atoms with Crippen LogP contribution in [0.2, 0.25) is 0 Å². The smallest absolute Gasteiger partial charge is 0.357 e. The van der Waals surface area contributed by atoms with Crippen LogP contribution in [-0.2, 0) is 55.6 Å². The second-order valence-corrected chi connectivity index (χ2v) is 26.0. The Bertz CT molecular complexity index is 5070. The highest BCUT2D eigenvalue weighted by Gasteiger charge is 2.25. The van der Waals surface area contributed by atoms with Gasteiger partial charge in [-0.05, 0) is 189 Å². The van der Waals surface area contributed by atoms with Crippen molar-refractivity contribution in [2.75, 3.05) is 37.0 Å². The van der Waals surface area contributed by atoms with Crippen LogP contribution in [0.1, 0.15) is 93.4 Å². The molecule has 7 heterocycles. The van der Waals surface area contributed by atoms with Gasteiger partial charge in [-0.2, -0.15) is 0 Å². The number of aromatic nitrogens is 7. The van der Waals surface area contributed by atoms with Gasteiger partial charge in [-0.15, -0.1) is 11.6 Å². The van der Waals surface area contributed by atoms with Gasteiger partial charge in [0.15, 0.2) is 80.0 Å². The lowest BCUT2D eigenvalue weighted by Gasteiger charge is -2.11. The predicted molar refractivity (Wildman–Crippen MR) is 418 cm³/mol. The molecule has 5 aromatic carbocycles. The van der Waals surface area contributed by atoms with E-state index in [4.69, 9.17) is 62.3 Å².